The zero-order valence-electron chi connectivity index (χ0n) is 24.3. The Hall–Kier alpha value is -4.60. The molecule has 3 N–H and O–H groups in total. The van der Waals surface area contributed by atoms with Crippen molar-refractivity contribution in [2.45, 2.75) is 39.0 Å². The van der Waals surface area contributed by atoms with Crippen molar-refractivity contribution in [1.82, 2.24) is 29.7 Å². The van der Waals surface area contributed by atoms with Gasteiger partial charge in [0.2, 0.25) is 0 Å². The zero-order chi connectivity index (χ0) is 30.9. The number of rotatable bonds is 5. The van der Waals surface area contributed by atoms with Gasteiger partial charge in [-0.05, 0) is 58.1 Å². The first-order valence-corrected chi connectivity index (χ1v) is 13.7. The smallest absolute Gasteiger partial charge is 0.382 e. The molecular formula is C31H31F3N8O. The number of likely N-dealkylation sites (tertiary alicyclic amines) is 1. The van der Waals surface area contributed by atoms with Crippen LogP contribution in [0, 0.1) is 25.7 Å². The number of nitrogens with zero attached hydrogens (tertiary/aromatic N) is 6. The first kappa shape index (κ1) is 29.9. The summed E-state index contributed by atoms with van der Waals surface area (Å²) in [6, 6.07) is 5.72. The number of fused-ring (bicyclic) bond motifs is 1. The number of aryl methyl sites for hydroxylation is 2. The molecule has 1 fully saturated rings. The van der Waals surface area contributed by atoms with E-state index in [-0.39, 0.29) is 29.2 Å². The van der Waals surface area contributed by atoms with Crippen LogP contribution < -0.4 is 11.1 Å². The minimum Gasteiger partial charge on any atom is -0.382 e. The average Bonchev–Trinajstić information content (AvgIpc) is 3.43. The van der Waals surface area contributed by atoms with Gasteiger partial charge in [0.15, 0.2) is 5.82 Å². The number of pyridine rings is 2. The number of hydrogen-bond donors (Lipinski definition) is 2. The summed E-state index contributed by atoms with van der Waals surface area (Å²) in [5.74, 6) is 5.57. The molecule has 1 aromatic carbocycles. The summed E-state index contributed by atoms with van der Waals surface area (Å²) in [6.45, 7) is 5.27. The van der Waals surface area contributed by atoms with Gasteiger partial charge in [-0.1, -0.05) is 17.9 Å². The van der Waals surface area contributed by atoms with E-state index in [2.05, 4.69) is 42.0 Å². The van der Waals surface area contributed by atoms with Crippen LogP contribution in [0.2, 0.25) is 0 Å². The van der Waals surface area contributed by atoms with E-state index in [1.165, 1.54) is 36.8 Å². The number of nitrogens with one attached hydrogen (secondary N) is 1. The molecule has 0 aliphatic carbocycles. The van der Waals surface area contributed by atoms with Crippen LogP contribution in [0.4, 0.5) is 24.7 Å². The highest BCUT2D eigenvalue weighted by Gasteiger charge is 2.35. The standard InChI is InChI=1S/C31H31F3N8O/c1-18-19(2)39-28-27(38-18)21(15-37-29(28)35)6-5-20-11-23(14-36-13-20)30(43)40-24-8-7-22(26(12-24)31(32,33)34)16-42-10-9-25(17-42)41(3)4/h7-8,11-15,25H,9-10,16-17H2,1-4H3,(H2,35,37)(H,40,43)/t25-/m1/s1. The second kappa shape index (κ2) is 11.9. The maximum atomic E-state index is 14.0. The van der Waals surface area contributed by atoms with Crippen LogP contribution in [0.15, 0.2) is 42.9 Å². The molecule has 1 atom stereocenters. The van der Waals surface area contributed by atoms with Gasteiger partial charge in [0, 0.05) is 55.5 Å². The molecule has 1 aliphatic heterocycles. The Morgan fingerprint density at radius 1 is 1.09 bits per heavy atom. The molecule has 5 rings (SSSR count). The fraction of sp³-hybridized carbons (Fsp3) is 0.323. The predicted molar refractivity (Wildman–Crippen MR) is 158 cm³/mol. The minimum atomic E-state index is -4.57. The van der Waals surface area contributed by atoms with Crippen molar-refractivity contribution in [3.05, 3.63) is 82.1 Å². The van der Waals surface area contributed by atoms with Crippen LogP contribution in [0.25, 0.3) is 11.0 Å². The maximum absolute atomic E-state index is 14.0. The van der Waals surface area contributed by atoms with Crippen LogP contribution in [0.5, 0.6) is 0 Å². The first-order valence-electron chi connectivity index (χ1n) is 13.7. The minimum absolute atomic E-state index is 0.0359. The summed E-state index contributed by atoms with van der Waals surface area (Å²) in [5, 5.41) is 2.57. The Kier molecular flexibility index (Phi) is 8.30. The molecule has 0 bridgehead atoms. The van der Waals surface area contributed by atoms with Gasteiger partial charge in [0.25, 0.3) is 5.91 Å². The molecular weight excluding hydrogens is 557 g/mol. The second-order valence-corrected chi connectivity index (χ2v) is 10.8. The number of alkyl halides is 3. The lowest BCUT2D eigenvalue weighted by Gasteiger charge is -2.22. The molecule has 4 aromatic rings. The molecule has 43 heavy (non-hydrogen) atoms. The number of carbonyl (C=O) groups is 1. The lowest BCUT2D eigenvalue weighted by molar-refractivity contribution is -0.138. The number of likely N-dealkylation sites (N-methyl/N-ethyl adjacent to an activating group) is 1. The number of anilines is 2. The van der Waals surface area contributed by atoms with Crippen LogP contribution in [0.1, 0.15) is 50.4 Å². The number of amides is 1. The van der Waals surface area contributed by atoms with Gasteiger partial charge in [-0.2, -0.15) is 13.2 Å². The monoisotopic (exact) mass is 588 g/mol. The Bertz CT molecular complexity index is 1760. The van der Waals surface area contributed by atoms with Crippen molar-refractivity contribution in [3.63, 3.8) is 0 Å². The summed E-state index contributed by atoms with van der Waals surface area (Å²) in [5.41, 5.74) is 8.90. The SMILES string of the molecule is Cc1nc2c(C#Cc3cncc(C(=O)Nc4ccc(CN5CC[C@@H](N(C)C)C5)c(C(F)(F)F)c4)c3)cnc(N)c2nc1C. The summed E-state index contributed by atoms with van der Waals surface area (Å²) in [7, 11) is 3.95. The van der Waals surface area contributed by atoms with Crippen LogP contribution in [0.3, 0.4) is 0 Å². The number of carbonyl (C=O) groups excluding carboxylic acids is 1. The van der Waals surface area contributed by atoms with Crippen molar-refractivity contribution < 1.29 is 18.0 Å². The second-order valence-electron chi connectivity index (χ2n) is 10.8. The molecule has 1 aliphatic rings. The highest BCUT2D eigenvalue weighted by Crippen LogP contribution is 2.35. The van der Waals surface area contributed by atoms with E-state index in [4.69, 9.17) is 5.73 Å². The van der Waals surface area contributed by atoms with Gasteiger partial charge < -0.3 is 16.0 Å². The highest BCUT2D eigenvalue weighted by atomic mass is 19.4. The molecule has 3 aromatic heterocycles. The predicted octanol–water partition coefficient (Wildman–Crippen LogP) is 4.43. The molecule has 222 valence electrons. The lowest BCUT2D eigenvalue weighted by atomic mass is 10.0. The number of aromatic nitrogens is 4. The molecule has 4 heterocycles. The average molecular weight is 589 g/mol. The molecule has 0 saturated carbocycles. The van der Waals surface area contributed by atoms with Crippen LogP contribution in [-0.4, -0.2) is 68.9 Å². The van der Waals surface area contributed by atoms with Gasteiger partial charge in [-0.25, -0.2) is 15.0 Å². The summed E-state index contributed by atoms with van der Waals surface area (Å²) < 4.78 is 42.1. The van der Waals surface area contributed by atoms with E-state index in [1.807, 2.05) is 32.8 Å². The fourth-order valence-electron chi connectivity index (χ4n) is 4.97. The Labute approximate surface area is 247 Å². The highest BCUT2D eigenvalue weighted by molar-refractivity contribution is 6.04. The molecule has 0 unspecified atom stereocenters. The van der Waals surface area contributed by atoms with E-state index < -0.39 is 17.6 Å². The van der Waals surface area contributed by atoms with Crippen molar-refractivity contribution >= 4 is 28.4 Å². The number of nitrogens with two attached hydrogens (primary N) is 1. The maximum Gasteiger partial charge on any atom is 0.416 e. The van der Waals surface area contributed by atoms with Gasteiger partial charge in [-0.3, -0.25) is 14.7 Å². The zero-order valence-corrected chi connectivity index (χ0v) is 24.3. The fourth-order valence-corrected chi connectivity index (χ4v) is 4.97. The molecule has 1 saturated heterocycles. The van der Waals surface area contributed by atoms with Gasteiger partial charge in [0.1, 0.15) is 11.0 Å². The number of benzene rings is 1. The van der Waals surface area contributed by atoms with Crippen molar-refractivity contribution in [2.24, 2.45) is 0 Å². The third kappa shape index (κ3) is 6.74. The molecule has 12 heteroatoms. The first-order chi connectivity index (χ1) is 20.4. The molecule has 9 nitrogen and oxygen atoms in total. The van der Waals surface area contributed by atoms with Gasteiger partial charge in [0.05, 0.1) is 28.1 Å². The number of hydrogen-bond acceptors (Lipinski definition) is 8. The summed E-state index contributed by atoms with van der Waals surface area (Å²) >= 11 is 0. The van der Waals surface area contributed by atoms with Crippen LogP contribution >= 0.6 is 0 Å². The van der Waals surface area contributed by atoms with Gasteiger partial charge in [-0.15, -0.1) is 0 Å². The van der Waals surface area contributed by atoms with E-state index in [0.717, 1.165) is 30.4 Å². The van der Waals surface area contributed by atoms with E-state index >= 15 is 0 Å². The van der Waals surface area contributed by atoms with E-state index in [1.54, 1.807) is 0 Å². The van der Waals surface area contributed by atoms with Crippen LogP contribution in [-0.2, 0) is 12.7 Å². The Morgan fingerprint density at radius 3 is 2.53 bits per heavy atom. The molecule has 0 spiro atoms. The Morgan fingerprint density at radius 2 is 1.84 bits per heavy atom. The molecule has 1 amide bonds. The summed E-state index contributed by atoms with van der Waals surface area (Å²) in [4.78, 5) is 34.4. The van der Waals surface area contributed by atoms with Crippen molar-refractivity contribution in [3.8, 4) is 11.8 Å². The largest absolute Gasteiger partial charge is 0.416 e. The Balaban J connectivity index is 1.35. The van der Waals surface area contributed by atoms with Crippen molar-refractivity contribution in [1.29, 1.82) is 0 Å². The third-order valence-corrected chi connectivity index (χ3v) is 7.52. The van der Waals surface area contributed by atoms with E-state index in [0.29, 0.717) is 34.7 Å². The third-order valence-electron chi connectivity index (χ3n) is 7.52. The lowest BCUT2D eigenvalue weighted by Crippen LogP contribution is -2.31. The number of halogens is 3. The summed E-state index contributed by atoms with van der Waals surface area (Å²) in [6.07, 6.45) is 0.640. The molecule has 0 radical (unpaired) electrons. The number of nitrogen functional groups attached to an aromatic ring is 1. The topological polar surface area (TPSA) is 113 Å². The quantitative estimate of drug-likeness (QED) is 0.330. The van der Waals surface area contributed by atoms with Crippen molar-refractivity contribution in [2.75, 3.05) is 38.2 Å². The normalized spacial score (nSPS) is 15.5. The van der Waals surface area contributed by atoms with E-state index in [9.17, 15) is 18.0 Å². The van der Waals surface area contributed by atoms with Gasteiger partial charge >= 0.3 is 6.18 Å².